The molecule has 2 rings (SSSR count). The number of nitriles is 1. The van der Waals surface area contributed by atoms with Crippen LogP contribution in [-0.4, -0.2) is 17.1 Å². The van der Waals surface area contributed by atoms with E-state index in [1.54, 1.807) is 18.2 Å². The van der Waals surface area contributed by atoms with Crippen LogP contribution in [0.5, 0.6) is 17.4 Å². The van der Waals surface area contributed by atoms with Crippen LogP contribution in [0.1, 0.15) is 11.1 Å². The fourth-order valence-electron chi connectivity index (χ4n) is 1.47. The van der Waals surface area contributed by atoms with E-state index in [0.29, 0.717) is 11.3 Å². The molecule has 0 atom stereocenters. The van der Waals surface area contributed by atoms with Crippen LogP contribution in [0.3, 0.4) is 0 Å². The average molecular weight is 276 g/mol. The summed E-state index contributed by atoms with van der Waals surface area (Å²) in [7, 11) is 1.45. The lowest BCUT2D eigenvalue weighted by Gasteiger charge is -2.11. The molecule has 0 N–H and O–H groups in total. The van der Waals surface area contributed by atoms with Gasteiger partial charge >= 0.3 is 0 Å². The monoisotopic (exact) mass is 275 g/mol. The van der Waals surface area contributed by atoms with Gasteiger partial charge in [-0.05, 0) is 24.6 Å². The molecule has 2 aromatic rings. The van der Waals surface area contributed by atoms with Gasteiger partial charge in [-0.15, -0.1) is 0 Å². The van der Waals surface area contributed by atoms with E-state index in [1.807, 2.05) is 6.92 Å². The molecule has 96 valence electrons. The minimum absolute atomic E-state index is 0.168. The Hall–Kier alpha value is -2.32. The molecule has 19 heavy (non-hydrogen) atoms. The number of halogens is 1. The van der Waals surface area contributed by atoms with Crippen molar-refractivity contribution in [3.63, 3.8) is 0 Å². The molecule has 0 radical (unpaired) electrons. The topological polar surface area (TPSA) is 68.0 Å². The van der Waals surface area contributed by atoms with Gasteiger partial charge in [0.25, 0.3) is 5.88 Å². The first-order valence-electron chi connectivity index (χ1n) is 5.38. The van der Waals surface area contributed by atoms with E-state index in [-0.39, 0.29) is 16.8 Å². The predicted octanol–water partition coefficient (Wildman–Crippen LogP) is 3.11. The summed E-state index contributed by atoms with van der Waals surface area (Å²) >= 11 is 5.89. The summed E-state index contributed by atoms with van der Waals surface area (Å²) in [5, 5.41) is 9.06. The minimum atomic E-state index is 0.168. The van der Waals surface area contributed by atoms with Crippen LogP contribution in [0.4, 0.5) is 0 Å². The van der Waals surface area contributed by atoms with Gasteiger partial charge in [0.2, 0.25) is 5.75 Å². The molecule has 0 aliphatic heterocycles. The Kier molecular flexibility index (Phi) is 3.83. The second kappa shape index (κ2) is 5.55. The summed E-state index contributed by atoms with van der Waals surface area (Å²) in [4.78, 5) is 7.78. The number of benzene rings is 1. The van der Waals surface area contributed by atoms with E-state index >= 15 is 0 Å². The van der Waals surface area contributed by atoms with Crippen molar-refractivity contribution in [1.29, 1.82) is 5.26 Å². The fraction of sp³-hybridized carbons (Fsp3) is 0.154. The lowest BCUT2D eigenvalue weighted by atomic mass is 10.1. The Morgan fingerprint density at radius 2 is 2.11 bits per heavy atom. The highest BCUT2D eigenvalue weighted by atomic mass is 35.5. The van der Waals surface area contributed by atoms with E-state index in [9.17, 15) is 0 Å². The highest BCUT2D eigenvalue weighted by Crippen LogP contribution is 2.34. The Morgan fingerprint density at radius 3 is 2.79 bits per heavy atom. The molecule has 5 nitrogen and oxygen atoms in total. The van der Waals surface area contributed by atoms with Gasteiger partial charge in [-0.1, -0.05) is 17.7 Å². The molecule has 0 unspecified atom stereocenters. The van der Waals surface area contributed by atoms with E-state index in [4.69, 9.17) is 26.3 Å². The second-order valence-electron chi connectivity index (χ2n) is 3.70. The first-order valence-corrected chi connectivity index (χ1v) is 5.76. The zero-order valence-corrected chi connectivity index (χ0v) is 11.1. The largest absolute Gasteiger partial charge is 0.489 e. The van der Waals surface area contributed by atoms with Gasteiger partial charge in [0, 0.05) is 0 Å². The van der Waals surface area contributed by atoms with Crippen LogP contribution >= 0.6 is 11.6 Å². The first-order chi connectivity index (χ1) is 9.15. The van der Waals surface area contributed by atoms with Crippen LogP contribution in [0.25, 0.3) is 0 Å². The number of aromatic nitrogens is 2. The summed E-state index contributed by atoms with van der Waals surface area (Å²) in [5.74, 6) is 0.985. The van der Waals surface area contributed by atoms with Gasteiger partial charge in [-0.3, -0.25) is 0 Å². The maximum atomic E-state index is 8.89. The van der Waals surface area contributed by atoms with Gasteiger partial charge in [-0.2, -0.15) is 10.2 Å². The first kappa shape index (κ1) is 13.1. The number of hydrogen-bond donors (Lipinski definition) is 0. The van der Waals surface area contributed by atoms with E-state index < -0.39 is 0 Å². The molecule has 0 aliphatic carbocycles. The van der Waals surface area contributed by atoms with E-state index in [0.717, 1.165) is 5.56 Å². The van der Waals surface area contributed by atoms with Crippen LogP contribution in [-0.2, 0) is 0 Å². The number of methoxy groups -OCH3 is 1. The van der Waals surface area contributed by atoms with Crippen LogP contribution in [0, 0.1) is 18.3 Å². The third-order valence-corrected chi connectivity index (χ3v) is 2.72. The third kappa shape index (κ3) is 2.75. The van der Waals surface area contributed by atoms with Crippen molar-refractivity contribution < 1.29 is 9.47 Å². The van der Waals surface area contributed by atoms with Crippen LogP contribution in [0.2, 0.25) is 5.15 Å². The second-order valence-corrected chi connectivity index (χ2v) is 4.06. The van der Waals surface area contributed by atoms with E-state index in [2.05, 4.69) is 16.0 Å². The Morgan fingerprint density at radius 1 is 1.32 bits per heavy atom. The number of ether oxygens (including phenoxy) is 2. The molecule has 1 aromatic heterocycles. The van der Waals surface area contributed by atoms with Gasteiger partial charge in [0.15, 0.2) is 5.15 Å². The maximum absolute atomic E-state index is 8.89. The molecule has 0 aliphatic rings. The summed E-state index contributed by atoms with van der Waals surface area (Å²) in [6.07, 6.45) is 1.28. The number of nitrogens with zero attached hydrogens (tertiary/aromatic N) is 3. The van der Waals surface area contributed by atoms with Crippen molar-refractivity contribution in [2.24, 2.45) is 0 Å². The standard InChI is InChI=1S/C13H10ClN3O2/c1-8-3-4-9(6-15)5-10(8)19-13-11(18-2)12(14)16-7-17-13/h3-5,7H,1-2H3. The number of rotatable bonds is 3. The normalized spacial score (nSPS) is 9.79. The van der Waals surface area contributed by atoms with Crippen molar-refractivity contribution >= 4 is 11.6 Å². The summed E-state index contributed by atoms with van der Waals surface area (Å²) in [5.41, 5.74) is 1.37. The Labute approximate surface area is 115 Å². The smallest absolute Gasteiger partial charge is 0.267 e. The SMILES string of the molecule is COc1c(Cl)ncnc1Oc1cc(C#N)ccc1C. The fourth-order valence-corrected chi connectivity index (χ4v) is 1.67. The summed E-state index contributed by atoms with van der Waals surface area (Å²) in [6, 6.07) is 7.19. The van der Waals surface area contributed by atoms with Gasteiger partial charge in [-0.25, -0.2) is 4.98 Å². The maximum Gasteiger partial charge on any atom is 0.267 e. The highest BCUT2D eigenvalue weighted by Gasteiger charge is 2.13. The minimum Gasteiger partial charge on any atom is -0.489 e. The van der Waals surface area contributed by atoms with Crippen LogP contribution in [0.15, 0.2) is 24.5 Å². The van der Waals surface area contributed by atoms with Gasteiger partial charge in [0.1, 0.15) is 12.1 Å². The lowest BCUT2D eigenvalue weighted by Crippen LogP contribution is -1.97. The summed E-state index contributed by atoms with van der Waals surface area (Å²) < 4.78 is 10.7. The predicted molar refractivity (Wildman–Crippen MR) is 69.6 cm³/mol. The molecule has 0 saturated heterocycles. The molecule has 0 amide bonds. The molecule has 0 saturated carbocycles. The molecule has 1 aromatic carbocycles. The Balaban J connectivity index is 2.42. The van der Waals surface area contributed by atoms with Gasteiger partial charge < -0.3 is 9.47 Å². The van der Waals surface area contributed by atoms with Crippen LogP contribution < -0.4 is 9.47 Å². The molecule has 0 bridgehead atoms. The number of aryl methyl sites for hydroxylation is 1. The molecule has 1 heterocycles. The van der Waals surface area contributed by atoms with Crippen molar-refractivity contribution in [2.45, 2.75) is 6.92 Å². The average Bonchev–Trinajstić information content (AvgIpc) is 2.41. The highest BCUT2D eigenvalue weighted by molar-refractivity contribution is 6.31. The molecular weight excluding hydrogens is 266 g/mol. The van der Waals surface area contributed by atoms with Crippen molar-refractivity contribution in [2.75, 3.05) is 7.11 Å². The zero-order chi connectivity index (χ0) is 13.8. The summed E-state index contributed by atoms with van der Waals surface area (Å²) in [6.45, 7) is 1.87. The molecule has 6 heteroatoms. The zero-order valence-electron chi connectivity index (χ0n) is 10.3. The molecule has 0 fully saturated rings. The lowest BCUT2D eigenvalue weighted by molar-refractivity contribution is 0.366. The van der Waals surface area contributed by atoms with Gasteiger partial charge in [0.05, 0.1) is 18.7 Å². The van der Waals surface area contributed by atoms with E-state index in [1.165, 1.54) is 13.4 Å². The van der Waals surface area contributed by atoms with Crippen molar-refractivity contribution in [3.8, 4) is 23.4 Å². The number of hydrogen-bond acceptors (Lipinski definition) is 5. The molecular formula is C13H10ClN3O2. The quantitative estimate of drug-likeness (QED) is 0.805. The van der Waals surface area contributed by atoms with Crippen molar-refractivity contribution in [3.05, 3.63) is 40.8 Å². The Bertz CT molecular complexity index is 653. The van der Waals surface area contributed by atoms with Crippen molar-refractivity contribution in [1.82, 2.24) is 9.97 Å². The third-order valence-electron chi connectivity index (χ3n) is 2.46. The molecule has 0 spiro atoms.